The number of rotatable bonds is 7. The van der Waals surface area contributed by atoms with Gasteiger partial charge in [0.15, 0.2) is 0 Å². The topological polar surface area (TPSA) is 32.6 Å². The molecule has 0 aliphatic heterocycles. The Hall–Kier alpha value is -2.52. The normalized spacial score (nSPS) is 11.3. The molecule has 6 heteroatoms. The second-order valence-electron chi connectivity index (χ2n) is 8.79. The Kier molecular flexibility index (Phi) is 11.1. The zero-order valence-corrected chi connectivity index (χ0v) is 25.8. The first-order chi connectivity index (χ1) is 19.0. The summed E-state index contributed by atoms with van der Waals surface area (Å²) < 4.78 is 0. The van der Waals surface area contributed by atoms with Crippen molar-refractivity contribution in [1.82, 2.24) is 0 Å². The van der Waals surface area contributed by atoms with Crippen molar-refractivity contribution in [1.29, 1.82) is 0 Å². The van der Waals surface area contributed by atoms with Gasteiger partial charge in [0.1, 0.15) is 5.60 Å². The van der Waals surface area contributed by atoms with Crippen LogP contribution < -0.4 is 0 Å². The predicted octanol–water partition coefficient (Wildman–Crippen LogP) is 9.87. The molecular weight excluding hydrogens is 624 g/mol. The molecule has 1 N–H and O–H groups in total. The first kappa shape index (κ1) is 29.5. The summed E-state index contributed by atoms with van der Waals surface area (Å²) in [5.41, 5.74) is 5.30. The first-order valence-electron chi connectivity index (χ1n) is 12.4. The van der Waals surface area contributed by atoms with E-state index in [1.807, 2.05) is 115 Å². The van der Waals surface area contributed by atoms with Crippen molar-refractivity contribution in [3.63, 3.8) is 0 Å². The summed E-state index contributed by atoms with van der Waals surface area (Å²) in [6.45, 7) is 0. The van der Waals surface area contributed by atoms with Crippen LogP contribution in [0.15, 0.2) is 151 Å². The molecule has 0 amide bonds. The van der Waals surface area contributed by atoms with Crippen molar-refractivity contribution < 1.29 is 23.3 Å². The number of halogens is 3. The number of para-hydroxylation sites is 1. The molecule has 2 nitrogen and oxygen atoms in total. The third kappa shape index (κ3) is 8.24. The average Bonchev–Trinajstić information content (AvgIpc) is 2.98. The van der Waals surface area contributed by atoms with Crippen LogP contribution in [0.3, 0.4) is 0 Å². The number of hydrogen-bond acceptors (Lipinski definition) is 2. The van der Waals surface area contributed by atoms with Gasteiger partial charge in [-0.15, -0.1) is 0 Å². The first-order valence-corrected chi connectivity index (χ1v) is 21.9. The summed E-state index contributed by atoms with van der Waals surface area (Å²) in [5.74, 6) is 0. The van der Waals surface area contributed by atoms with Crippen molar-refractivity contribution in [3.8, 4) is 11.1 Å². The van der Waals surface area contributed by atoms with E-state index in [-0.39, 0.29) is 0 Å². The fourth-order valence-corrected chi connectivity index (χ4v) is 4.46. The Bertz CT molecular complexity index is 1420. The van der Waals surface area contributed by atoms with Gasteiger partial charge in [-0.1, -0.05) is 140 Å². The molecular formula is C33H27Cl3NOZr. The number of nitrogens with zero attached hydrogens (tertiary/aromatic N) is 1. The van der Waals surface area contributed by atoms with Crippen LogP contribution >= 0.6 is 25.5 Å². The van der Waals surface area contributed by atoms with Gasteiger partial charge in [0, 0.05) is 12.0 Å². The molecule has 0 aromatic heterocycles. The molecule has 0 atom stereocenters. The van der Waals surface area contributed by atoms with Crippen molar-refractivity contribution in [3.05, 3.63) is 162 Å². The molecule has 39 heavy (non-hydrogen) atoms. The zero-order valence-electron chi connectivity index (χ0n) is 21.1. The van der Waals surface area contributed by atoms with Crippen molar-refractivity contribution >= 4 is 36.9 Å². The molecule has 5 aromatic rings. The summed E-state index contributed by atoms with van der Waals surface area (Å²) in [5, 5.41) is 12.3. The van der Waals surface area contributed by atoms with Crippen LogP contribution in [-0.4, -0.2) is 10.8 Å². The second-order valence-corrected chi connectivity index (χ2v) is 20.0. The van der Waals surface area contributed by atoms with E-state index in [4.69, 9.17) is 30.5 Å². The van der Waals surface area contributed by atoms with Gasteiger partial charge in [0.25, 0.3) is 0 Å². The average molecular weight is 651 g/mol. The van der Waals surface area contributed by atoms with Gasteiger partial charge in [0.2, 0.25) is 0 Å². The van der Waals surface area contributed by atoms with E-state index in [1.54, 1.807) is 0 Å². The Morgan fingerprint density at radius 2 is 1.00 bits per heavy atom. The van der Waals surface area contributed by atoms with E-state index >= 15 is 0 Å². The van der Waals surface area contributed by atoms with Crippen LogP contribution in [0, 0.1) is 0 Å². The Labute approximate surface area is 248 Å². The summed E-state index contributed by atoms with van der Waals surface area (Å²) in [4.78, 5) is 5.20. The molecule has 0 bridgehead atoms. The van der Waals surface area contributed by atoms with Crippen LogP contribution in [0.5, 0.6) is 0 Å². The molecule has 0 saturated heterocycles. The van der Waals surface area contributed by atoms with E-state index in [1.165, 1.54) is 0 Å². The summed E-state index contributed by atoms with van der Waals surface area (Å²) >= 11 is -2.13. The molecule has 0 saturated carbocycles. The Morgan fingerprint density at radius 1 is 0.590 bits per heavy atom. The van der Waals surface area contributed by atoms with Crippen LogP contribution in [-0.2, 0) is 23.8 Å². The quantitative estimate of drug-likeness (QED) is 0.175. The molecule has 0 radical (unpaired) electrons. The van der Waals surface area contributed by atoms with E-state index < -0.39 is 23.8 Å². The van der Waals surface area contributed by atoms with Gasteiger partial charge in [-0.2, -0.15) is 0 Å². The maximum absolute atomic E-state index is 12.3. The van der Waals surface area contributed by atoms with Crippen molar-refractivity contribution in [2.45, 2.75) is 12.0 Å². The Morgan fingerprint density at radius 3 is 1.51 bits per heavy atom. The third-order valence-corrected chi connectivity index (χ3v) is 6.28. The molecule has 5 rings (SSSR count). The van der Waals surface area contributed by atoms with Gasteiger partial charge in [-0.3, -0.25) is 4.99 Å². The second kappa shape index (κ2) is 14.8. The standard InChI is InChI=1S/C33H27NO.3ClH.Zr/c35-33(28-19-9-3-10-20-28,29-21-11-4-12-22-29)25-32(27-17-7-2-8-18-27)34-31-24-14-13-23-30(31)26-15-5-1-6-16-26;;;;/h1-24,35H,25H2;3*1H;/q;;;;+3/p-3. The number of aliphatic imine (C=N–C) groups is 1. The summed E-state index contributed by atoms with van der Waals surface area (Å²) in [7, 11) is 15.0. The number of benzene rings is 5. The van der Waals surface area contributed by atoms with Crippen LogP contribution in [0.4, 0.5) is 5.69 Å². The predicted molar refractivity (Wildman–Crippen MR) is 163 cm³/mol. The van der Waals surface area contributed by atoms with Gasteiger partial charge < -0.3 is 5.11 Å². The zero-order chi connectivity index (χ0) is 27.5. The van der Waals surface area contributed by atoms with E-state index in [0.29, 0.717) is 6.42 Å². The maximum atomic E-state index is 12.3. The fraction of sp³-hybridized carbons (Fsp3) is 0.0606. The minimum absolute atomic E-state index is 0.328. The SMILES string of the molecule is OC(CC(=Nc1ccccc1-c1ccccc1)c1ccccc1)(c1ccccc1)c1ccccc1.[Cl][Zr]([Cl])[Cl]. The van der Waals surface area contributed by atoms with Gasteiger partial charge in [-0.05, 0) is 28.3 Å². The van der Waals surface area contributed by atoms with Gasteiger partial charge >= 0.3 is 43.7 Å². The Balaban J connectivity index is 0.000000826. The molecule has 0 spiro atoms. The molecule has 0 aliphatic carbocycles. The molecule has 0 aliphatic rings. The van der Waals surface area contributed by atoms with Gasteiger partial charge in [0.05, 0.1) is 11.4 Å². The monoisotopic (exact) mass is 648 g/mol. The molecule has 0 unspecified atom stereocenters. The molecule has 5 aromatic carbocycles. The third-order valence-electron chi connectivity index (χ3n) is 6.28. The van der Waals surface area contributed by atoms with Crippen LogP contribution in [0.1, 0.15) is 23.1 Å². The van der Waals surface area contributed by atoms with Crippen molar-refractivity contribution in [2.24, 2.45) is 4.99 Å². The van der Waals surface area contributed by atoms with E-state index in [9.17, 15) is 5.11 Å². The molecule has 0 heterocycles. The number of aliphatic hydroxyl groups is 1. The molecule has 195 valence electrons. The summed E-state index contributed by atoms with van der Waals surface area (Å²) in [6, 6.07) is 48.3. The number of hydrogen-bond donors (Lipinski definition) is 1. The fourth-order valence-electron chi connectivity index (χ4n) is 4.46. The van der Waals surface area contributed by atoms with Crippen molar-refractivity contribution in [2.75, 3.05) is 0 Å². The summed E-state index contributed by atoms with van der Waals surface area (Å²) in [6.07, 6.45) is 0.328. The molecule has 0 fully saturated rings. The van der Waals surface area contributed by atoms with E-state index in [0.717, 1.165) is 39.2 Å². The van der Waals surface area contributed by atoms with E-state index in [2.05, 4.69) is 30.3 Å². The van der Waals surface area contributed by atoms with Crippen LogP contribution in [0.2, 0.25) is 0 Å². The minimum atomic E-state index is -2.13. The van der Waals surface area contributed by atoms with Gasteiger partial charge in [-0.25, -0.2) is 0 Å². The van der Waals surface area contributed by atoms with Crippen LogP contribution in [0.25, 0.3) is 11.1 Å².